The fourth-order valence-corrected chi connectivity index (χ4v) is 1.00. The van der Waals surface area contributed by atoms with E-state index in [1.807, 2.05) is 0 Å². The first-order valence-electron chi connectivity index (χ1n) is 3.65. The van der Waals surface area contributed by atoms with Crippen LogP contribution in [0.15, 0.2) is 16.7 Å². The Labute approximate surface area is 74.1 Å². The Morgan fingerprint density at radius 2 is 2.15 bits per heavy atom. The van der Waals surface area contributed by atoms with Crippen LogP contribution in [0.2, 0.25) is 0 Å². The van der Waals surface area contributed by atoms with E-state index < -0.39 is 11.9 Å². The van der Waals surface area contributed by atoms with Crippen molar-refractivity contribution in [2.45, 2.75) is 12.8 Å². The molecule has 5 heteroatoms. The number of hydrogen-bond donors (Lipinski definition) is 2. The Hall–Kier alpha value is -1.78. The largest absolute Gasteiger partial charge is 0.481 e. The zero-order valence-electron chi connectivity index (χ0n) is 6.82. The molecule has 0 aromatic carbocycles. The number of carbonyl (C=O) groups excluding carboxylic acids is 1. The average molecular weight is 183 g/mol. The summed E-state index contributed by atoms with van der Waals surface area (Å²) in [5.74, 6) is -1.22. The minimum atomic E-state index is -0.999. The molecule has 5 nitrogen and oxygen atoms in total. The van der Waals surface area contributed by atoms with Gasteiger partial charge in [-0.25, -0.2) is 0 Å². The second-order valence-electron chi connectivity index (χ2n) is 2.58. The molecule has 3 N–H and O–H groups in total. The van der Waals surface area contributed by atoms with Crippen LogP contribution in [0.3, 0.4) is 0 Å². The summed E-state index contributed by atoms with van der Waals surface area (Å²) >= 11 is 0. The van der Waals surface area contributed by atoms with Crippen molar-refractivity contribution >= 4 is 11.9 Å². The third-order valence-electron chi connectivity index (χ3n) is 1.51. The molecule has 1 heterocycles. The Balaban J connectivity index is 2.76. The number of carboxylic acids is 1. The summed E-state index contributed by atoms with van der Waals surface area (Å²) in [6.45, 7) is 0. The first-order valence-corrected chi connectivity index (χ1v) is 3.65. The van der Waals surface area contributed by atoms with Crippen molar-refractivity contribution in [3.8, 4) is 0 Å². The topological polar surface area (TPSA) is 93.5 Å². The molecule has 0 radical (unpaired) electrons. The van der Waals surface area contributed by atoms with Crippen LogP contribution in [0.5, 0.6) is 0 Å². The smallest absolute Gasteiger partial charge is 0.311 e. The van der Waals surface area contributed by atoms with E-state index in [-0.39, 0.29) is 18.6 Å². The van der Waals surface area contributed by atoms with Crippen LogP contribution in [-0.2, 0) is 22.4 Å². The number of amides is 1. The molecule has 0 aliphatic carbocycles. The zero-order valence-corrected chi connectivity index (χ0v) is 6.82. The van der Waals surface area contributed by atoms with Crippen molar-refractivity contribution in [2.75, 3.05) is 0 Å². The van der Waals surface area contributed by atoms with Crippen LogP contribution in [0, 0.1) is 0 Å². The molecule has 1 rings (SSSR count). The Kier molecular flexibility index (Phi) is 2.69. The normalized spacial score (nSPS) is 9.85. The lowest BCUT2D eigenvalue weighted by Gasteiger charge is -1.96. The highest BCUT2D eigenvalue weighted by Gasteiger charge is 2.11. The molecule has 70 valence electrons. The molecule has 0 spiro atoms. The molecule has 0 aliphatic rings. The first-order chi connectivity index (χ1) is 6.09. The quantitative estimate of drug-likeness (QED) is 0.683. The number of nitrogens with two attached hydrogens (primary N) is 1. The van der Waals surface area contributed by atoms with Crippen LogP contribution in [0.4, 0.5) is 0 Å². The van der Waals surface area contributed by atoms with E-state index in [1.165, 1.54) is 6.26 Å². The lowest BCUT2D eigenvalue weighted by atomic mass is 10.1. The molecule has 1 aromatic heterocycles. The van der Waals surface area contributed by atoms with Gasteiger partial charge >= 0.3 is 5.97 Å². The monoisotopic (exact) mass is 183 g/mol. The van der Waals surface area contributed by atoms with Gasteiger partial charge in [0.25, 0.3) is 0 Å². The first kappa shape index (κ1) is 9.31. The van der Waals surface area contributed by atoms with Crippen molar-refractivity contribution < 1.29 is 19.1 Å². The third-order valence-corrected chi connectivity index (χ3v) is 1.51. The highest BCUT2D eigenvalue weighted by molar-refractivity contribution is 5.77. The van der Waals surface area contributed by atoms with Crippen molar-refractivity contribution in [3.05, 3.63) is 23.7 Å². The Morgan fingerprint density at radius 1 is 1.46 bits per heavy atom. The number of furan rings is 1. The number of primary amides is 1. The van der Waals surface area contributed by atoms with Crippen LogP contribution >= 0.6 is 0 Å². The van der Waals surface area contributed by atoms with Gasteiger partial charge in [-0.1, -0.05) is 0 Å². The molecular formula is C8H9NO4. The second kappa shape index (κ2) is 3.75. The van der Waals surface area contributed by atoms with Gasteiger partial charge in [0.05, 0.1) is 12.7 Å². The predicted molar refractivity (Wildman–Crippen MR) is 42.9 cm³/mol. The van der Waals surface area contributed by atoms with Crippen LogP contribution < -0.4 is 5.73 Å². The second-order valence-corrected chi connectivity index (χ2v) is 2.58. The van der Waals surface area contributed by atoms with Gasteiger partial charge in [-0.2, -0.15) is 0 Å². The molecule has 0 atom stereocenters. The van der Waals surface area contributed by atoms with Crippen molar-refractivity contribution in [1.29, 1.82) is 0 Å². The van der Waals surface area contributed by atoms with Crippen molar-refractivity contribution in [3.63, 3.8) is 0 Å². The number of aliphatic carboxylic acids is 1. The zero-order chi connectivity index (χ0) is 9.84. The number of rotatable bonds is 4. The van der Waals surface area contributed by atoms with E-state index in [0.29, 0.717) is 5.56 Å². The highest BCUT2D eigenvalue weighted by Crippen LogP contribution is 2.11. The van der Waals surface area contributed by atoms with E-state index in [0.717, 1.165) is 0 Å². The lowest BCUT2D eigenvalue weighted by molar-refractivity contribution is -0.136. The predicted octanol–water partition coefficient (Wildman–Crippen LogP) is -0.0655. The minimum absolute atomic E-state index is 0.0130. The van der Waals surface area contributed by atoms with Gasteiger partial charge < -0.3 is 15.3 Å². The summed E-state index contributed by atoms with van der Waals surface area (Å²) in [7, 11) is 0. The van der Waals surface area contributed by atoms with E-state index in [1.54, 1.807) is 6.07 Å². The van der Waals surface area contributed by atoms with Gasteiger partial charge in [-0.15, -0.1) is 0 Å². The van der Waals surface area contributed by atoms with Gasteiger partial charge in [0.2, 0.25) is 5.91 Å². The maximum atomic E-state index is 10.5. The number of carboxylic acid groups (broad SMARTS) is 1. The molecule has 0 unspecified atom stereocenters. The molecule has 1 aromatic rings. The van der Waals surface area contributed by atoms with Gasteiger partial charge in [-0.05, 0) is 6.07 Å². The van der Waals surface area contributed by atoms with E-state index >= 15 is 0 Å². The molecular weight excluding hydrogens is 174 g/mol. The summed E-state index contributed by atoms with van der Waals surface area (Å²) < 4.78 is 4.89. The summed E-state index contributed by atoms with van der Waals surface area (Å²) in [6.07, 6.45) is 1.13. The molecule has 1 amide bonds. The number of hydrogen-bond acceptors (Lipinski definition) is 3. The fraction of sp³-hybridized carbons (Fsp3) is 0.250. The van der Waals surface area contributed by atoms with Crippen molar-refractivity contribution in [2.24, 2.45) is 5.73 Å². The van der Waals surface area contributed by atoms with Gasteiger partial charge in [0.15, 0.2) is 0 Å². The fourth-order valence-electron chi connectivity index (χ4n) is 1.00. The summed E-state index contributed by atoms with van der Waals surface area (Å²) in [5.41, 5.74) is 5.49. The van der Waals surface area contributed by atoms with E-state index in [4.69, 9.17) is 15.3 Å². The number of carbonyl (C=O) groups is 2. The van der Waals surface area contributed by atoms with E-state index in [2.05, 4.69) is 0 Å². The Bertz CT molecular complexity index is 298. The average Bonchev–Trinajstić information content (AvgIpc) is 2.34. The van der Waals surface area contributed by atoms with Crippen LogP contribution in [-0.4, -0.2) is 17.0 Å². The maximum absolute atomic E-state index is 10.5. The summed E-state index contributed by atoms with van der Waals surface area (Å²) in [6, 6.07) is 1.54. The Morgan fingerprint density at radius 3 is 2.69 bits per heavy atom. The van der Waals surface area contributed by atoms with Gasteiger partial charge in [0.1, 0.15) is 12.2 Å². The molecule has 0 bridgehead atoms. The van der Waals surface area contributed by atoms with Crippen LogP contribution in [0.25, 0.3) is 0 Å². The molecule has 0 saturated heterocycles. The summed E-state index contributed by atoms with van der Waals surface area (Å²) in [5, 5.41) is 8.47. The lowest BCUT2D eigenvalue weighted by Crippen LogP contribution is -2.14. The molecule has 0 fully saturated rings. The highest BCUT2D eigenvalue weighted by atomic mass is 16.4. The van der Waals surface area contributed by atoms with Crippen molar-refractivity contribution in [1.82, 2.24) is 0 Å². The standard InChI is InChI=1S/C8H9NO4/c9-7(10)3-5-1-2-13-6(5)4-8(11)12/h1-2H,3-4H2,(H2,9,10)(H,11,12). The SMILES string of the molecule is NC(=O)Cc1ccoc1CC(=O)O. The molecule has 0 aliphatic heterocycles. The summed E-state index contributed by atoms with van der Waals surface area (Å²) in [4.78, 5) is 20.9. The van der Waals surface area contributed by atoms with Gasteiger partial charge in [0, 0.05) is 5.56 Å². The molecule has 13 heavy (non-hydrogen) atoms. The minimum Gasteiger partial charge on any atom is -0.481 e. The third kappa shape index (κ3) is 2.62. The van der Waals surface area contributed by atoms with E-state index in [9.17, 15) is 9.59 Å². The van der Waals surface area contributed by atoms with Crippen LogP contribution in [0.1, 0.15) is 11.3 Å². The molecule has 0 saturated carbocycles. The maximum Gasteiger partial charge on any atom is 0.311 e. The van der Waals surface area contributed by atoms with Gasteiger partial charge in [-0.3, -0.25) is 9.59 Å².